The zero-order chi connectivity index (χ0) is 13.4. The van der Waals surface area contributed by atoms with Gasteiger partial charge in [-0.15, -0.1) is 12.4 Å². The van der Waals surface area contributed by atoms with Crippen molar-refractivity contribution in [3.8, 4) is 0 Å². The highest BCUT2D eigenvalue weighted by Crippen LogP contribution is 2.33. The lowest BCUT2D eigenvalue weighted by atomic mass is 9.92. The molecule has 1 aromatic carbocycles. The van der Waals surface area contributed by atoms with E-state index in [4.69, 9.17) is 5.73 Å². The summed E-state index contributed by atoms with van der Waals surface area (Å²) in [5.74, 6) is -1.39. The lowest BCUT2D eigenvalue weighted by Gasteiger charge is -2.26. The summed E-state index contributed by atoms with van der Waals surface area (Å²) in [6, 6.07) is 1.43. The first kappa shape index (κ1) is 17.2. The largest absolute Gasteiger partial charge is 0.419 e. The summed E-state index contributed by atoms with van der Waals surface area (Å²) < 4.78 is 50.1. The molecule has 18 heavy (non-hydrogen) atoms. The number of halogens is 5. The van der Waals surface area contributed by atoms with E-state index in [-0.39, 0.29) is 18.0 Å². The summed E-state index contributed by atoms with van der Waals surface area (Å²) in [5.41, 5.74) is 3.03. The molecule has 0 aliphatic rings. The number of nitrogens with two attached hydrogens (primary N) is 1. The molecule has 0 saturated carbocycles. The molecule has 0 heterocycles. The molecule has 0 amide bonds. The average molecular weight is 288 g/mol. The highest BCUT2D eigenvalue weighted by Gasteiger charge is 2.35. The summed E-state index contributed by atoms with van der Waals surface area (Å²) >= 11 is 0. The monoisotopic (exact) mass is 287 g/mol. The van der Waals surface area contributed by atoms with E-state index in [2.05, 4.69) is 0 Å². The van der Waals surface area contributed by atoms with Crippen molar-refractivity contribution in [2.45, 2.75) is 31.7 Å². The van der Waals surface area contributed by atoms with Crippen LogP contribution in [0.25, 0.3) is 0 Å². The van der Waals surface area contributed by atoms with Crippen molar-refractivity contribution in [2.24, 2.45) is 5.73 Å². The highest BCUT2D eigenvalue weighted by atomic mass is 35.5. The minimum Gasteiger partial charge on any atom is -0.388 e. The fraction of sp³-hybridized carbons (Fsp3) is 0.455. The second-order valence-electron chi connectivity index (χ2n) is 4.37. The molecule has 0 aliphatic carbocycles. The summed E-state index contributed by atoms with van der Waals surface area (Å²) in [6.45, 7) is 2.79. The van der Waals surface area contributed by atoms with Crippen molar-refractivity contribution in [3.63, 3.8) is 0 Å². The quantitative estimate of drug-likeness (QED) is 0.821. The first-order valence-electron chi connectivity index (χ1n) is 4.88. The highest BCUT2D eigenvalue weighted by molar-refractivity contribution is 5.85. The number of hydrogen-bond donors (Lipinski definition) is 2. The third kappa shape index (κ3) is 3.83. The van der Waals surface area contributed by atoms with E-state index >= 15 is 0 Å². The van der Waals surface area contributed by atoms with Crippen molar-refractivity contribution in [1.82, 2.24) is 0 Å². The van der Waals surface area contributed by atoms with Gasteiger partial charge in [-0.05, 0) is 31.5 Å². The third-order valence-corrected chi connectivity index (χ3v) is 2.42. The molecule has 2 nitrogen and oxygen atoms in total. The Morgan fingerprint density at radius 3 is 2.06 bits per heavy atom. The standard InChI is InChI=1S/C11H13F4NO.ClH/c1-10(2,17)9(16)6-3-4-7(8(12)5-6)11(13,14)15;/h3-5,9,17H,16H2,1-2H3;1H. The Morgan fingerprint density at radius 2 is 1.72 bits per heavy atom. The molecule has 0 aromatic heterocycles. The summed E-state index contributed by atoms with van der Waals surface area (Å²) in [6.07, 6.45) is -4.73. The Morgan fingerprint density at radius 1 is 1.22 bits per heavy atom. The molecule has 0 saturated heterocycles. The van der Waals surface area contributed by atoms with Crippen LogP contribution in [-0.4, -0.2) is 10.7 Å². The van der Waals surface area contributed by atoms with E-state index in [1.165, 1.54) is 13.8 Å². The van der Waals surface area contributed by atoms with Gasteiger partial charge in [-0.3, -0.25) is 0 Å². The van der Waals surface area contributed by atoms with Gasteiger partial charge in [0.2, 0.25) is 0 Å². The van der Waals surface area contributed by atoms with Crippen LogP contribution in [-0.2, 0) is 6.18 Å². The first-order chi connectivity index (χ1) is 7.53. The lowest BCUT2D eigenvalue weighted by molar-refractivity contribution is -0.140. The molecule has 1 atom stereocenters. The smallest absolute Gasteiger partial charge is 0.388 e. The van der Waals surface area contributed by atoms with Gasteiger partial charge in [0.15, 0.2) is 0 Å². The van der Waals surface area contributed by atoms with Crippen LogP contribution in [0.2, 0.25) is 0 Å². The fourth-order valence-electron chi connectivity index (χ4n) is 1.36. The zero-order valence-corrected chi connectivity index (χ0v) is 10.6. The summed E-state index contributed by atoms with van der Waals surface area (Å²) in [5, 5.41) is 9.59. The van der Waals surface area contributed by atoms with Crippen molar-refractivity contribution in [1.29, 1.82) is 0 Å². The van der Waals surface area contributed by atoms with E-state index in [1.54, 1.807) is 0 Å². The van der Waals surface area contributed by atoms with Crippen LogP contribution in [0.4, 0.5) is 17.6 Å². The Kier molecular flexibility index (Phi) is 5.16. The van der Waals surface area contributed by atoms with Gasteiger partial charge in [-0.2, -0.15) is 13.2 Å². The van der Waals surface area contributed by atoms with Gasteiger partial charge in [-0.1, -0.05) is 6.07 Å². The average Bonchev–Trinajstić information content (AvgIpc) is 2.12. The van der Waals surface area contributed by atoms with E-state index in [9.17, 15) is 22.7 Å². The van der Waals surface area contributed by atoms with Crippen molar-refractivity contribution in [2.75, 3.05) is 0 Å². The van der Waals surface area contributed by atoms with E-state index in [0.717, 1.165) is 6.07 Å². The number of aliphatic hydroxyl groups is 1. The van der Waals surface area contributed by atoms with Crippen LogP contribution in [0, 0.1) is 5.82 Å². The Hall–Kier alpha value is -0.850. The molecule has 1 unspecified atom stereocenters. The topological polar surface area (TPSA) is 46.2 Å². The molecule has 0 spiro atoms. The Bertz CT molecular complexity index is 414. The van der Waals surface area contributed by atoms with Crippen molar-refractivity contribution >= 4 is 12.4 Å². The van der Waals surface area contributed by atoms with Crippen LogP contribution >= 0.6 is 12.4 Å². The molecule has 0 aliphatic heterocycles. The maximum Gasteiger partial charge on any atom is 0.419 e. The van der Waals surface area contributed by atoms with Gasteiger partial charge in [0.1, 0.15) is 5.82 Å². The van der Waals surface area contributed by atoms with Crippen LogP contribution in [0.15, 0.2) is 18.2 Å². The van der Waals surface area contributed by atoms with Crippen LogP contribution in [0.1, 0.15) is 31.0 Å². The van der Waals surface area contributed by atoms with Gasteiger partial charge in [0, 0.05) is 0 Å². The molecule has 0 fully saturated rings. The molecule has 104 valence electrons. The number of alkyl halides is 3. The van der Waals surface area contributed by atoms with Gasteiger partial charge in [0.05, 0.1) is 17.2 Å². The van der Waals surface area contributed by atoms with Gasteiger partial charge >= 0.3 is 6.18 Å². The van der Waals surface area contributed by atoms with Gasteiger partial charge in [-0.25, -0.2) is 4.39 Å². The van der Waals surface area contributed by atoms with Crippen LogP contribution < -0.4 is 5.73 Å². The Labute approximate surface area is 108 Å². The molecule has 1 aromatic rings. The van der Waals surface area contributed by atoms with E-state index in [0.29, 0.717) is 12.1 Å². The predicted molar refractivity (Wildman–Crippen MR) is 61.9 cm³/mol. The Balaban J connectivity index is 0.00000289. The maximum absolute atomic E-state index is 13.2. The summed E-state index contributed by atoms with van der Waals surface area (Å²) in [4.78, 5) is 0. The normalized spacial score (nSPS) is 14.0. The number of hydrogen-bond acceptors (Lipinski definition) is 2. The molecule has 0 radical (unpaired) electrons. The summed E-state index contributed by atoms with van der Waals surface area (Å²) in [7, 11) is 0. The molecule has 0 bridgehead atoms. The number of rotatable bonds is 2. The van der Waals surface area contributed by atoms with Crippen LogP contribution in [0.5, 0.6) is 0 Å². The minimum atomic E-state index is -4.73. The zero-order valence-electron chi connectivity index (χ0n) is 9.75. The SMILES string of the molecule is CC(C)(O)C(N)c1ccc(C(F)(F)F)c(F)c1.Cl. The van der Waals surface area contributed by atoms with Crippen molar-refractivity contribution in [3.05, 3.63) is 35.1 Å². The van der Waals surface area contributed by atoms with Gasteiger partial charge < -0.3 is 10.8 Å². The first-order valence-corrected chi connectivity index (χ1v) is 4.88. The van der Waals surface area contributed by atoms with E-state index < -0.39 is 29.2 Å². The second-order valence-corrected chi connectivity index (χ2v) is 4.37. The fourth-order valence-corrected chi connectivity index (χ4v) is 1.36. The molecule has 7 heteroatoms. The molecular formula is C11H14ClF4NO. The van der Waals surface area contributed by atoms with Crippen molar-refractivity contribution < 1.29 is 22.7 Å². The van der Waals surface area contributed by atoms with Crippen LogP contribution in [0.3, 0.4) is 0 Å². The molecular weight excluding hydrogens is 274 g/mol. The third-order valence-electron chi connectivity index (χ3n) is 2.42. The van der Waals surface area contributed by atoms with Gasteiger partial charge in [0.25, 0.3) is 0 Å². The number of benzene rings is 1. The minimum absolute atomic E-state index is 0. The molecule has 1 rings (SSSR count). The van der Waals surface area contributed by atoms with E-state index in [1.807, 2.05) is 0 Å². The predicted octanol–water partition coefficient (Wildman–Crippen LogP) is 3.04. The molecule has 3 N–H and O–H groups in total. The second kappa shape index (κ2) is 5.42. The lowest BCUT2D eigenvalue weighted by Crippen LogP contribution is -2.35. The maximum atomic E-state index is 13.2.